The topological polar surface area (TPSA) is 88.9 Å². The molecule has 0 bridgehead atoms. The van der Waals surface area contributed by atoms with E-state index in [4.69, 9.17) is 0 Å². The molecule has 0 spiro atoms. The molecule has 0 aliphatic carbocycles. The summed E-state index contributed by atoms with van der Waals surface area (Å²) in [5, 5.41) is 10.6. The fraction of sp³-hybridized carbons (Fsp3) is 0.333. The Bertz CT molecular complexity index is 678. The molecule has 20 heavy (non-hydrogen) atoms. The van der Waals surface area contributed by atoms with E-state index in [-0.39, 0.29) is 4.90 Å². The van der Waals surface area contributed by atoms with E-state index in [1.54, 1.807) is 49.9 Å². The Hall–Kier alpha value is -1.93. The number of aromatic nitrogens is 3. The summed E-state index contributed by atoms with van der Waals surface area (Å²) >= 11 is 0. The van der Waals surface area contributed by atoms with Crippen LogP contribution < -0.4 is 10.0 Å². The Balaban J connectivity index is 2.20. The zero-order valence-corrected chi connectivity index (χ0v) is 12.3. The van der Waals surface area contributed by atoms with Crippen molar-refractivity contribution in [3.8, 4) is 0 Å². The first-order valence-corrected chi connectivity index (χ1v) is 7.56. The third-order valence-corrected chi connectivity index (χ3v) is 4.48. The van der Waals surface area contributed by atoms with Crippen LogP contribution >= 0.6 is 0 Å². The lowest BCUT2D eigenvalue weighted by atomic mass is 10.3. The van der Waals surface area contributed by atoms with Crippen LogP contribution in [0.2, 0.25) is 0 Å². The molecule has 0 saturated carbocycles. The summed E-state index contributed by atoms with van der Waals surface area (Å²) < 4.78 is 28.8. The van der Waals surface area contributed by atoms with Gasteiger partial charge in [-0.25, -0.2) is 13.1 Å². The molecule has 7 nitrogen and oxygen atoms in total. The summed E-state index contributed by atoms with van der Waals surface area (Å²) in [5.74, 6) is 0.556. The van der Waals surface area contributed by atoms with Crippen LogP contribution in [-0.4, -0.2) is 30.2 Å². The van der Waals surface area contributed by atoms with E-state index in [1.165, 1.54) is 6.33 Å². The van der Waals surface area contributed by atoms with Gasteiger partial charge in [0.15, 0.2) is 0 Å². The summed E-state index contributed by atoms with van der Waals surface area (Å²) in [7, 11) is -0.0448. The van der Waals surface area contributed by atoms with Crippen LogP contribution in [0.5, 0.6) is 0 Å². The fourth-order valence-electron chi connectivity index (χ4n) is 1.84. The molecule has 0 radical (unpaired) electrons. The molecule has 108 valence electrons. The first-order chi connectivity index (χ1) is 9.44. The van der Waals surface area contributed by atoms with E-state index in [1.807, 2.05) is 0 Å². The standard InChI is InChI=1S/C12H17N5O2S/c1-9(12-15-14-8-17(12)3)16-20(18,19)11-6-4-10(13-2)5-7-11/h4-9,13,16H,1-3H3. The van der Waals surface area contributed by atoms with Crippen LogP contribution in [0.1, 0.15) is 18.8 Å². The van der Waals surface area contributed by atoms with Crippen LogP contribution in [0.15, 0.2) is 35.5 Å². The van der Waals surface area contributed by atoms with Crippen molar-refractivity contribution >= 4 is 15.7 Å². The van der Waals surface area contributed by atoms with Gasteiger partial charge in [-0.3, -0.25) is 0 Å². The Labute approximate surface area is 118 Å². The Kier molecular flexibility index (Phi) is 4.05. The number of nitrogens with one attached hydrogen (secondary N) is 2. The maximum absolute atomic E-state index is 12.3. The third kappa shape index (κ3) is 2.97. The smallest absolute Gasteiger partial charge is 0.241 e. The molecule has 0 fully saturated rings. The summed E-state index contributed by atoms with van der Waals surface area (Å²) in [6, 6.07) is 6.06. The molecule has 8 heteroatoms. The summed E-state index contributed by atoms with van der Waals surface area (Å²) in [5.41, 5.74) is 0.852. The zero-order valence-electron chi connectivity index (χ0n) is 11.5. The maximum atomic E-state index is 12.3. The average molecular weight is 295 g/mol. The minimum atomic E-state index is -3.59. The quantitative estimate of drug-likeness (QED) is 0.855. The Morgan fingerprint density at radius 3 is 2.40 bits per heavy atom. The lowest BCUT2D eigenvalue weighted by Gasteiger charge is -2.13. The van der Waals surface area contributed by atoms with Gasteiger partial charge < -0.3 is 9.88 Å². The molecule has 0 aliphatic heterocycles. The van der Waals surface area contributed by atoms with Crippen LogP contribution in [-0.2, 0) is 17.1 Å². The van der Waals surface area contributed by atoms with Gasteiger partial charge in [0.1, 0.15) is 12.2 Å². The highest BCUT2D eigenvalue weighted by molar-refractivity contribution is 7.89. The molecule has 2 rings (SSSR count). The van der Waals surface area contributed by atoms with Crippen molar-refractivity contribution in [2.75, 3.05) is 12.4 Å². The zero-order chi connectivity index (χ0) is 14.8. The maximum Gasteiger partial charge on any atom is 0.241 e. The second-order valence-electron chi connectivity index (χ2n) is 4.42. The number of aryl methyl sites for hydroxylation is 1. The van der Waals surface area contributed by atoms with Crippen molar-refractivity contribution in [1.29, 1.82) is 0 Å². The summed E-state index contributed by atoms with van der Waals surface area (Å²) in [6.07, 6.45) is 1.53. The van der Waals surface area contributed by atoms with Crippen molar-refractivity contribution in [2.45, 2.75) is 17.9 Å². The molecule has 1 aromatic heterocycles. The summed E-state index contributed by atoms with van der Waals surface area (Å²) in [6.45, 7) is 1.73. The number of hydrogen-bond acceptors (Lipinski definition) is 5. The number of benzene rings is 1. The molecule has 1 aromatic carbocycles. The van der Waals surface area contributed by atoms with Gasteiger partial charge in [0.25, 0.3) is 0 Å². The van der Waals surface area contributed by atoms with Crippen molar-refractivity contribution in [2.24, 2.45) is 7.05 Å². The average Bonchev–Trinajstić information content (AvgIpc) is 2.84. The van der Waals surface area contributed by atoms with E-state index >= 15 is 0 Å². The molecule has 0 aliphatic rings. The van der Waals surface area contributed by atoms with E-state index < -0.39 is 16.1 Å². The highest BCUT2D eigenvalue weighted by atomic mass is 32.2. The molecule has 1 atom stereocenters. The van der Waals surface area contributed by atoms with Gasteiger partial charge >= 0.3 is 0 Å². The van der Waals surface area contributed by atoms with Crippen LogP contribution in [0.3, 0.4) is 0 Å². The third-order valence-electron chi connectivity index (χ3n) is 2.92. The lowest BCUT2D eigenvalue weighted by molar-refractivity contribution is 0.553. The van der Waals surface area contributed by atoms with Crippen molar-refractivity contribution in [3.05, 3.63) is 36.4 Å². The largest absolute Gasteiger partial charge is 0.388 e. The molecule has 2 aromatic rings. The number of nitrogens with zero attached hydrogens (tertiary/aromatic N) is 3. The molecule has 0 saturated heterocycles. The lowest BCUT2D eigenvalue weighted by Crippen LogP contribution is -2.28. The van der Waals surface area contributed by atoms with Crippen molar-refractivity contribution in [1.82, 2.24) is 19.5 Å². The molecule has 2 N–H and O–H groups in total. The highest BCUT2D eigenvalue weighted by Crippen LogP contribution is 2.17. The van der Waals surface area contributed by atoms with Crippen molar-refractivity contribution < 1.29 is 8.42 Å². The van der Waals surface area contributed by atoms with Gasteiger partial charge in [-0.05, 0) is 31.2 Å². The Morgan fingerprint density at radius 2 is 1.90 bits per heavy atom. The van der Waals surface area contributed by atoms with Crippen LogP contribution in [0, 0.1) is 0 Å². The van der Waals surface area contributed by atoms with Gasteiger partial charge in [0, 0.05) is 19.8 Å². The number of rotatable bonds is 5. The molecular weight excluding hydrogens is 278 g/mol. The van der Waals surface area contributed by atoms with E-state index in [9.17, 15) is 8.42 Å². The molecule has 1 unspecified atom stereocenters. The second kappa shape index (κ2) is 5.59. The fourth-order valence-corrected chi connectivity index (χ4v) is 3.04. The minimum absolute atomic E-state index is 0.213. The van der Waals surface area contributed by atoms with E-state index in [0.717, 1.165) is 5.69 Å². The minimum Gasteiger partial charge on any atom is -0.388 e. The van der Waals surface area contributed by atoms with Gasteiger partial charge in [-0.2, -0.15) is 0 Å². The van der Waals surface area contributed by atoms with Gasteiger partial charge in [-0.1, -0.05) is 0 Å². The molecule has 1 heterocycles. The van der Waals surface area contributed by atoms with Crippen molar-refractivity contribution in [3.63, 3.8) is 0 Å². The van der Waals surface area contributed by atoms with Gasteiger partial charge in [0.05, 0.1) is 10.9 Å². The second-order valence-corrected chi connectivity index (χ2v) is 6.13. The summed E-state index contributed by atoms with van der Waals surface area (Å²) in [4.78, 5) is 0.213. The Morgan fingerprint density at radius 1 is 1.25 bits per heavy atom. The van der Waals surface area contributed by atoms with E-state index in [2.05, 4.69) is 20.2 Å². The normalized spacial score (nSPS) is 13.2. The molecular formula is C12H17N5O2S. The predicted molar refractivity (Wildman–Crippen MR) is 75.7 cm³/mol. The first kappa shape index (κ1) is 14.5. The highest BCUT2D eigenvalue weighted by Gasteiger charge is 2.20. The van der Waals surface area contributed by atoms with Crippen LogP contribution in [0.4, 0.5) is 5.69 Å². The molecule has 0 amide bonds. The first-order valence-electron chi connectivity index (χ1n) is 6.08. The predicted octanol–water partition coefficient (Wildman–Crippen LogP) is 0.896. The number of sulfonamides is 1. The monoisotopic (exact) mass is 295 g/mol. The SMILES string of the molecule is CNc1ccc(S(=O)(=O)NC(C)c2nncn2C)cc1. The van der Waals surface area contributed by atoms with Gasteiger partial charge in [-0.15, -0.1) is 10.2 Å². The van der Waals surface area contributed by atoms with Crippen LogP contribution in [0.25, 0.3) is 0 Å². The number of hydrogen-bond donors (Lipinski definition) is 2. The number of anilines is 1. The van der Waals surface area contributed by atoms with E-state index in [0.29, 0.717) is 5.82 Å². The van der Waals surface area contributed by atoms with Gasteiger partial charge in [0.2, 0.25) is 10.0 Å².